The Labute approximate surface area is 69.6 Å². The largest absolute Gasteiger partial charge is 0.481 e. The second-order valence-corrected chi connectivity index (χ2v) is 2.74. The van der Waals surface area contributed by atoms with Crippen LogP contribution < -0.4 is 0 Å². The monoisotopic (exact) mass is 176 g/mol. The molecule has 0 aromatic carbocycles. The molecule has 0 unspecified atom stereocenters. The predicted octanol–water partition coefficient (Wildman–Crippen LogP) is -0.211. The highest BCUT2D eigenvalue weighted by atomic mass is 16.4. The quantitative estimate of drug-likeness (QED) is 0.550. The standard InChI is InChI=1S/C7H12O5/c1-3(6(9)10)5(8)4(2)7(11)12/h3-5,8H,1-2H3,(H,9,10)(H,11,12)/t3-,4+,5+. The van der Waals surface area contributed by atoms with Crippen LogP contribution in [0.4, 0.5) is 0 Å². The molecule has 0 fully saturated rings. The van der Waals surface area contributed by atoms with Crippen molar-refractivity contribution >= 4 is 11.9 Å². The van der Waals surface area contributed by atoms with E-state index in [-0.39, 0.29) is 0 Å². The van der Waals surface area contributed by atoms with Gasteiger partial charge in [0.2, 0.25) is 0 Å². The van der Waals surface area contributed by atoms with E-state index in [0.29, 0.717) is 0 Å². The lowest BCUT2D eigenvalue weighted by Gasteiger charge is -2.18. The number of carboxylic acid groups (broad SMARTS) is 2. The SMILES string of the molecule is C[C@H](C(=O)O)[C@@H](O)[C@@H](C)C(=O)O. The highest BCUT2D eigenvalue weighted by molar-refractivity contribution is 5.74. The van der Waals surface area contributed by atoms with Gasteiger partial charge in [-0.2, -0.15) is 0 Å². The fourth-order valence-corrected chi connectivity index (χ4v) is 0.725. The summed E-state index contributed by atoms with van der Waals surface area (Å²) in [6, 6.07) is 0. The molecule has 12 heavy (non-hydrogen) atoms. The first kappa shape index (κ1) is 10.9. The van der Waals surface area contributed by atoms with Crippen LogP contribution in [0, 0.1) is 11.8 Å². The Morgan fingerprint density at radius 3 is 1.42 bits per heavy atom. The van der Waals surface area contributed by atoms with Gasteiger partial charge in [-0.05, 0) is 13.8 Å². The summed E-state index contributed by atoms with van der Waals surface area (Å²) in [5, 5.41) is 26.0. The minimum absolute atomic E-state index is 1.06. The van der Waals surface area contributed by atoms with Crippen molar-refractivity contribution in [2.75, 3.05) is 0 Å². The summed E-state index contributed by atoms with van der Waals surface area (Å²) in [6.07, 6.45) is -1.35. The van der Waals surface area contributed by atoms with Crippen LogP contribution in [-0.2, 0) is 9.59 Å². The van der Waals surface area contributed by atoms with E-state index in [4.69, 9.17) is 15.3 Å². The van der Waals surface area contributed by atoms with Crippen LogP contribution in [0.15, 0.2) is 0 Å². The first-order valence-corrected chi connectivity index (χ1v) is 3.51. The van der Waals surface area contributed by atoms with Crippen molar-refractivity contribution in [2.45, 2.75) is 20.0 Å². The van der Waals surface area contributed by atoms with Crippen molar-refractivity contribution in [3.63, 3.8) is 0 Å². The molecular formula is C7H12O5. The number of hydrogen-bond donors (Lipinski definition) is 3. The molecule has 3 N–H and O–H groups in total. The van der Waals surface area contributed by atoms with Gasteiger partial charge in [-0.15, -0.1) is 0 Å². The van der Waals surface area contributed by atoms with E-state index >= 15 is 0 Å². The Hall–Kier alpha value is -1.10. The summed E-state index contributed by atoms with van der Waals surface area (Å²) < 4.78 is 0. The molecule has 70 valence electrons. The van der Waals surface area contributed by atoms with E-state index in [1.165, 1.54) is 13.8 Å². The average Bonchev–Trinajstić information content (AvgIpc) is 2.00. The zero-order valence-electron chi connectivity index (χ0n) is 6.89. The van der Waals surface area contributed by atoms with Gasteiger partial charge in [0.1, 0.15) is 0 Å². The molecule has 0 saturated carbocycles. The van der Waals surface area contributed by atoms with E-state index in [1.54, 1.807) is 0 Å². The van der Waals surface area contributed by atoms with Crippen LogP contribution in [0.5, 0.6) is 0 Å². The minimum Gasteiger partial charge on any atom is -0.481 e. The van der Waals surface area contributed by atoms with Crippen LogP contribution in [0.1, 0.15) is 13.8 Å². The van der Waals surface area contributed by atoms with Gasteiger partial charge < -0.3 is 15.3 Å². The summed E-state index contributed by atoms with van der Waals surface area (Å²) >= 11 is 0. The Balaban J connectivity index is 4.28. The Bertz CT molecular complexity index is 168. The van der Waals surface area contributed by atoms with Crippen molar-refractivity contribution in [3.05, 3.63) is 0 Å². The third-order valence-electron chi connectivity index (χ3n) is 1.80. The fourth-order valence-electron chi connectivity index (χ4n) is 0.725. The summed E-state index contributed by atoms with van der Waals surface area (Å²) in [6.45, 7) is 2.54. The number of carbonyl (C=O) groups is 2. The zero-order valence-corrected chi connectivity index (χ0v) is 6.89. The summed E-state index contributed by atoms with van der Waals surface area (Å²) in [4.78, 5) is 20.6. The second-order valence-electron chi connectivity index (χ2n) is 2.74. The molecule has 0 bridgehead atoms. The molecular weight excluding hydrogens is 164 g/mol. The third-order valence-corrected chi connectivity index (χ3v) is 1.80. The van der Waals surface area contributed by atoms with Crippen molar-refractivity contribution in [2.24, 2.45) is 11.8 Å². The van der Waals surface area contributed by atoms with Gasteiger partial charge >= 0.3 is 11.9 Å². The second kappa shape index (κ2) is 4.06. The Morgan fingerprint density at radius 2 is 1.25 bits per heavy atom. The third kappa shape index (κ3) is 2.50. The molecule has 0 radical (unpaired) electrons. The molecule has 0 saturated heterocycles. The van der Waals surface area contributed by atoms with Gasteiger partial charge in [-0.3, -0.25) is 9.59 Å². The van der Waals surface area contributed by atoms with Crippen LogP contribution in [-0.4, -0.2) is 33.4 Å². The lowest BCUT2D eigenvalue weighted by Crippen LogP contribution is -2.35. The van der Waals surface area contributed by atoms with Gasteiger partial charge in [0, 0.05) is 0 Å². The maximum absolute atomic E-state index is 10.3. The average molecular weight is 176 g/mol. The Kier molecular flexibility index (Phi) is 3.69. The van der Waals surface area contributed by atoms with Gasteiger partial charge in [0.15, 0.2) is 0 Å². The van der Waals surface area contributed by atoms with Gasteiger partial charge in [-0.25, -0.2) is 0 Å². The molecule has 0 rings (SSSR count). The molecule has 0 aromatic rings. The van der Waals surface area contributed by atoms with Crippen molar-refractivity contribution in [1.29, 1.82) is 0 Å². The topological polar surface area (TPSA) is 94.8 Å². The number of aliphatic hydroxyl groups is 1. The highest BCUT2D eigenvalue weighted by Crippen LogP contribution is 2.13. The van der Waals surface area contributed by atoms with Crippen LogP contribution in [0.25, 0.3) is 0 Å². The smallest absolute Gasteiger partial charge is 0.308 e. The van der Waals surface area contributed by atoms with Gasteiger partial charge in [0.25, 0.3) is 0 Å². The number of rotatable bonds is 4. The molecule has 0 amide bonds. The molecule has 0 aliphatic carbocycles. The molecule has 0 aliphatic rings. The molecule has 0 aliphatic heterocycles. The van der Waals surface area contributed by atoms with Crippen LogP contribution in [0.2, 0.25) is 0 Å². The molecule has 5 nitrogen and oxygen atoms in total. The molecule has 0 aromatic heterocycles. The summed E-state index contributed by atoms with van der Waals surface area (Å²) in [5.41, 5.74) is 0. The maximum Gasteiger partial charge on any atom is 0.308 e. The van der Waals surface area contributed by atoms with Gasteiger partial charge in [-0.1, -0.05) is 0 Å². The first-order valence-electron chi connectivity index (χ1n) is 3.51. The summed E-state index contributed by atoms with van der Waals surface area (Å²) in [5.74, 6) is -4.52. The Morgan fingerprint density at radius 1 is 1.00 bits per heavy atom. The number of carboxylic acids is 2. The normalized spacial score (nSPS) is 17.9. The van der Waals surface area contributed by atoms with Gasteiger partial charge in [0.05, 0.1) is 17.9 Å². The predicted molar refractivity (Wildman–Crippen MR) is 39.6 cm³/mol. The number of aliphatic hydroxyl groups excluding tert-OH is 1. The molecule has 3 atom stereocenters. The zero-order chi connectivity index (χ0) is 9.89. The maximum atomic E-state index is 10.3. The number of aliphatic carboxylic acids is 2. The van der Waals surface area contributed by atoms with Crippen molar-refractivity contribution in [3.8, 4) is 0 Å². The van der Waals surface area contributed by atoms with Crippen molar-refractivity contribution < 1.29 is 24.9 Å². The lowest BCUT2D eigenvalue weighted by atomic mass is 9.94. The fraction of sp³-hybridized carbons (Fsp3) is 0.714. The highest BCUT2D eigenvalue weighted by Gasteiger charge is 2.30. The van der Waals surface area contributed by atoms with Crippen LogP contribution in [0.3, 0.4) is 0 Å². The van der Waals surface area contributed by atoms with E-state index in [1.807, 2.05) is 0 Å². The van der Waals surface area contributed by atoms with Crippen molar-refractivity contribution in [1.82, 2.24) is 0 Å². The van der Waals surface area contributed by atoms with E-state index in [9.17, 15) is 9.59 Å². The molecule has 0 heterocycles. The van der Waals surface area contributed by atoms with E-state index < -0.39 is 29.9 Å². The van der Waals surface area contributed by atoms with E-state index in [0.717, 1.165) is 0 Å². The number of hydrogen-bond acceptors (Lipinski definition) is 3. The minimum atomic E-state index is -1.35. The van der Waals surface area contributed by atoms with E-state index in [2.05, 4.69) is 0 Å². The molecule has 0 spiro atoms. The molecule has 5 heteroatoms. The van der Waals surface area contributed by atoms with Crippen LogP contribution >= 0.6 is 0 Å². The summed E-state index contributed by atoms with van der Waals surface area (Å²) in [7, 11) is 0. The lowest BCUT2D eigenvalue weighted by molar-refractivity contribution is -0.152. The first-order chi connectivity index (χ1) is 5.37.